The number of ether oxygens (including phenoxy) is 1. The molecule has 0 aliphatic rings. The first-order valence-electron chi connectivity index (χ1n) is 3.71. The molecule has 13 heavy (non-hydrogen) atoms. The van der Waals surface area contributed by atoms with Crippen LogP contribution in [0.2, 0.25) is 5.22 Å². The van der Waals surface area contributed by atoms with E-state index in [0.717, 1.165) is 0 Å². The minimum atomic E-state index is -0.702. The monoisotopic (exact) mass is 203 g/mol. The van der Waals surface area contributed by atoms with Crippen molar-refractivity contribution in [2.45, 2.75) is 12.5 Å². The predicted molar refractivity (Wildman–Crippen MR) is 47.4 cm³/mol. The summed E-state index contributed by atoms with van der Waals surface area (Å²) in [5, 5.41) is 0.284. The van der Waals surface area contributed by atoms with Gasteiger partial charge >= 0.3 is 5.97 Å². The Balaban J connectivity index is 2.54. The molecule has 1 atom stereocenters. The Labute approximate surface area is 80.6 Å². The van der Waals surface area contributed by atoms with Crippen LogP contribution in [0.5, 0.6) is 0 Å². The van der Waals surface area contributed by atoms with Gasteiger partial charge in [0, 0.05) is 6.42 Å². The average Bonchev–Trinajstić information content (AvgIpc) is 2.49. The fourth-order valence-corrected chi connectivity index (χ4v) is 1.07. The number of furan rings is 1. The number of hydrogen-bond donors (Lipinski definition) is 1. The van der Waals surface area contributed by atoms with Gasteiger partial charge in [0.15, 0.2) is 5.22 Å². The molecule has 0 saturated heterocycles. The Kier molecular flexibility index (Phi) is 3.33. The third-order valence-corrected chi connectivity index (χ3v) is 1.76. The van der Waals surface area contributed by atoms with Crippen LogP contribution in [0.4, 0.5) is 0 Å². The normalized spacial score (nSPS) is 12.5. The molecular formula is C8H10ClNO3. The maximum Gasteiger partial charge on any atom is 0.323 e. The van der Waals surface area contributed by atoms with E-state index in [9.17, 15) is 4.79 Å². The van der Waals surface area contributed by atoms with Crippen molar-refractivity contribution < 1.29 is 13.9 Å². The highest BCUT2D eigenvalue weighted by Gasteiger charge is 2.15. The van der Waals surface area contributed by atoms with E-state index in [0.29, 0.717) is 12.2 Å². The highest BCUT2D eigenvalue weighted by molar-refractivity contribution is 6.28. The fraction of sp³-hybridized carbons (Fsp3) is 0.375. The summed E-state index contributed by atoms with van der Waals surface area (Å²) in [6.07, 6.45) is 0.291. The summed E-state index contributed by atoms with van der Waals surface area (Å²) >= 11 is 5.53. The summed E-state index contributed by atoms with van der Waals surface area (Å²) in [6.45, 7) is 0. The molecule has 0 aromatic carbocycles. The number of halogens is 1. The van der Waals surface area contributed by atoms with Crippen molar-refractivity contribution in [3.05, 3.63) is 23.1 Å². The molecule has 5 heteroatoms. The highest BCUT2D eigenvalue weighted by atomic mass is 35.5. The molecule has 4 nitrogen and oxygen atoms in total. The number of rotatable bonds is 3. The zero-order chi connectivity index (χ0) is 9.84. The summed E-state index contributed by atoms with van der Waals surface area (Å²) in [5.41, 5.74) is 5.49. The number of methoxy groups -OCH3 is 1. The Bertz CT molecular complexity index is 297. The SMILES string of the molecule is COC(=O)C(N)Cc1ccc(Cl)o1. The van der Waals surface area contributed by atoms with Crippen LogP contribution in [0.3, 0.4) is 0 Å². The smallest absolute Gasteiger partial charge is 0.323 e. The molecule has 0 amide bonds. The van der Waals surface area contributed by atoms with Crippen molar-refractivity contribution in [3.8, 4) is 0 Å². The van der Waals surface area contributed by atoms with E-state index < -0.39 is 12.0 Å². The van der Waals surface area contributed by atoms with E-state index in [1.54, 1.807) is 12.1 Å². The molecule has 1 rings (SSSR count). The first-order valence-corrected chi connectivity index (χ1v) is 4.09. The molecule has 2 N–H and O–H groups in total. The second-order valence-corrected chi connectivity index (χ2v) is 2.91. The van der Waals surface area contributed by atoms with E-state index in [-0.39, 0.29) is 5.22 Å². The molecule has 72 valence electrons. The van der Waals surface area contributed by atoms with Gasteiger partial charge in [-0.3, -0.25) is 4.79 Å². The lowest BCUT2D eigenvalue weighted by atomic mass is 10.2. The number of esters is 1. The maximum atomic E-state index is 10.9. The molecule has 0 fully saturated rings. The van der Waals surface area contributed by atoms with Crippen molar-refractivity contribution in [2.75, 3.05) is 7.11 Å². The lowest BCUT2D eigenvalue weighted by molar-refractivity contribution is -0.142. The fourth-order valence-electron chi connectivity index (χ4n) is 0.913. The summed E-state index contributed by atoms with van der Waals surface area (Å²) < 4.78 is 9.48. The van der Waals surface area contributed by atoms with Crippen LogP contribution in [-0.4, -0.2) is 19.1 Å². The Morgan fingerprint density at radius 1 is 1.77 bits per heavy atom. The molecule has 0 radical (unpaired) electrons. The number of carbonyl (C=O) groups excluding carboxylic acids is 1. The summed E-state index contributed by atoms with van der Waals surface area (Å²) in [6, 6.07) is 2.57. The van der Waals surface area contributed by atoms with Gasteiger partial charge in [0.1, 0.15) is 11.8 Å². The van der Waals surface area contributed by atoms with Crippen LogP contribution >= 0.6 is 11.6 Å². The Morgan fingerprint density at radius 2 is 2.46 bits per heavy atom. The first kappa shape index (κ1) is 10.1. The third-order valence-electron chi connectivity index (χ3n) is 1.55. The second kappa shape index (κ2) is 4.30. The van der Waals surface area contributed by atoms with Gasteiger partial charge in [0.25, 0.3) is 0 Å². The number of hydrogen-bond acceptors (Lipinski definition) is 4. The average molecular weight is 204 g/mol. The topological polar surface area (TPSA) is 65.5 Å². The van der Waals surface area contributed by atoms with E-state index >= 15 is 0 Å². The van der Waals surface area contributed by atoms with Crippen LogP contribution in [-0.2, 0) is 16.0 Å². The lowest BCUT2D eigenvalue weighted by Gasteiger charge is -2.05. The maximum absolute atomic E-state index is 10.9. The van der Waals surface area contributed by atoms with Crippen molar-refractivity contribution in [1.29, 1.82) is 0 Å². The van der Waals surface area contributed by atoms with Crippen molar-refractivity contribution in [2.24, 2.45) is 5.73 Å². The molecular weight excluding hydrogens is 194 g/mol. The molecule has 1 aromatic rings. The standard InChI is InChI=1S/C8H10ClNO3/c1-12-8(11)6(10)4-5-2-3-7(9)13-5/h2-3,6H,4,10H2,1H3. The first-order chi connectivity index (χ1) is 6.13. The van der Waals surface area contributed by atoms with Crippen LogP contribution in [0.25, 0.3) is 0 Å². The molecule has 0 saturated carbocycles. The second-order valence-electron chi connectivity index (χ2n) is 2.54. The zero-order valence-electron chi connectivity index (χ0n) is 7.12. The predicted octanol–water partition coefficient (Wildman–Crippen LogP) is 0.976. The van der Waals surface area contributed by atoms with E-state index in [1.807, 2.05) is 0 Å². The number of nitrogens with two attached hydrogens (primary N) is 1. The molecule has 1 unspecified atom stereocenters. The van der Waals surface area contributed by atoms with E-state index in [2.05, 4.69) is 4.74 Å². The minimum absolute atomic E-state index is 0.284. The van der Waals surface area contributed by atoms with Gasteiger partial charge in [0.05, 0.1) is 7.11 Å². The molecule has 0 aliphatic heterocycles. The van der Waals surface area contributed by atoms with Gasteiger partial charge in [-0.05, 0) is 23.7 Å². The molecule has 0 bridgehead atoms. The number of carbonyl (C=O) groups is 1. The van der Waals surface area contributed by atoms with Gasteiger partial charge < -0.3 is 14.9 Å². The van der Waals surface area contributed by atoms with Gasteiger partial charge in [-0.1, -0.05) is 0 Å². The lowest BCUT2D eigenvalue weighted by Crippen LogP contribution is -2.33. The van der Waals surface area contributed by atoms with Crippen LogP contribution in [0.1, 0.15) is 5.76 Å². The van der Waals surface area contributed by atoms with Crippen molar-refractivity contribution in [3.63, 3.8) is 0 Å². The zero-order valence-corrected chi connectivity index (χ0v) is 7.88. The van der Waals surface area contributed by atoms with Gasteiger partial charge in [-0.2, -0.15) is 0 Å². The minimum Gasteiger partial charge on any atom is -0.468 e. The largest absolute Gasteiger partial charge is 0.468 e. The van der Waals surface area contributed by atoms with Crippen molar-refractivity contribution >= 4 is 17.6 Å². The summed E-state index contributed by atoms with van der Waals surface area (Å²) in [4.78, 5) is 10.9. The van der Waals surface area contributed by atoms with Gasteiger partial charge in [-0.25, -0.2) is 0 Å². The molecule has 1 heterocycles. The van der Waals surface area contributed by atoms with Gasteiger partial charge in [0.2, 0.25) is 0 Å². The van der Waals surface area contributed by atoms with Crippen molar-refractivity contribution in [1.82, 2.24) is 0 Å². The molecule has 0 aliphatic carbocycles. The quantitative estimate of drug-likeness (QED) is 0.744. The molecule has 1 aromatic heterocycles. The molecule has 0 spiro atoms. The third kappa shape index (κ3) is 2.75. The highest BCUT2D eigenvalue weighted by Crippen LogP contribution is 2.14. The van der Waals surface area contributed by atoms with Crippen LogP contribution in [0.15, 0.2) is 16.5 Å². The van der Waals surface area contributed by atoms with Crippen LogP contribution < -0.4 is 5.73 Å². The van der Waals surface area contributed by atoms with E-state index in [4.69, 9.17) is 21.8 Å². The Hall–Kier alpha value is -1.00. The summed E-state index contributed by atoms with van der Waals surface area (Å²) in [5.74, 6) is 0.107. The van der Waals surface area contributed by atoms with Gasteiger partial charge in [-0.15, -0.1) is 0 Å². The van der Waals surface area contributed by atoms with Crippen LogP contribution in [0, 0.1) is 0 Å². The van der Waals surface area contributed by atoms with E-state index in [1.165, 1.54) is 7.11 Å². The Morgan fingerprint density at radius 3 is 2.92 bits per heavy atom. The summed E-state index contributed by atoms with van der Waals surface area (Å²) in [7, 11) is 1.29.